The maximum Gasteiger partial charge on any atom is 0.0540 e. The van der Waals surface area contributed by atoms with Gasteiger partial charge in [0, 0.05) is 50.9 Å². The molecule has 0 aliphatic rings. The SMILES string of the molecule is c1ccc(-c2ccc3c(c2)c2cc(-c4ccc(N(c5ccccc5)c5ccccc5)c5ccccc45)ccc2c2c(-c4ccc(N(c5ccccc5)c5ccccc5)cc4)c(-c4ccccc4)cc(-c4ccc(N(c5ccccc5)c5ccccc5)cc4)c32)cc1. The predicted molar refractivity (Wildman–Crippen MR) is 388 cm³/mol. The fourth-order valence-electron chi connectivity index (χ4n) is 13.6. The van der Waals surface area contributed by atoms with Gasteiger partial charge in [0.15, 0.2) is 0 Å². The Kier molecular flexibility index (Phi) is 14.3. The smallest absolute Gasteiger partial charge is 0.0540 e. The van der Waals surface area contributed by atoms with Gasteiger partial charge in [0.25, 0.3) is 0 Å². The van der Waals surface area contributed by atoms with E-state index in [-0.39, 0.29) is 0 Å². The van der Waals surface area contributed by atoms with E-state index in [2.05, 4.69) is 385 Å². The summed E-state index contributed by atoms with van der Waals surface area (Å²) in [7, 11) is 0. The van der Waals surface area contributed by atoms with Crippen molar-refractivity contribution in [2.24, 2.45) is 0 Å². The monoisotopic (exact) mass is 1160 g/mol. The third-order valence-electron chi connectivity index (χ3n) is 17.8. The molecule has 0 amide bonds. The van der Waals surface area contributed by atoms with Crippen LogP contribution in [0.5, 0.6) is 0 Å². The number of fused-ring (bicyclic) bond motifs is 7. The summed E-state index contributed by atoms with van der Waals surface area (Å²) in [5, 5.41) is 9.51. The van der Waals surface area contributed by atoms with Gasteiger partial charge in [0.05, 0.1) is 5.69 Å². The number of anilines is 9. The maximum absolute atomic E-state index is 2.48. The Labute approximate surface area is 531 Å². The Morgan fingerprint density at radius 2 is 0.495 bits per heavy atom. The molecule has 0 heterocycles. The van der Waals surface area contributed by atoms with Crippen LogP contribution in [0.3, 0.4) is 0 Å². The van der Waals surface area contributed by atoms with E-state index in [4.69, 9.17) is 0 Å². The first-order chi connectivity index (χ1) is 45.2. The van der Waals surface area contributed by atoms with E-state index in [0.717, 1.165) is 84.6 Å². The fourth-order valence-corrected chi connectivity index (χ4v) is 13.6. The van der Waals surface area contributed by atoms with Crippen LogP contribution in [0.1, 0.15) is 0 Å². The normalized spacial score (nSPS) is 11.3. The van der Waals surface area contributed by atoms with Crippen molar-refractivity contribution in [3.05, 3.63) is 370 Å². The molecule has 16 rings (SSSR count). The molecular weight excluding hydrogens is 1100 g/mol. The van der Waals surface area contributed by atoms with Crippen molar-refractivity contribution in [3.63, 3.8) is 0 Å². The van der Waals surface area contributed by atoms with Gasteiger partial charge in [-0.2, -0.15) is 0 Å². The van der Waals surface area contributed by atoms with Crippen molar-refractivity contribution in [1.29, 1.82) is 0 Å². The van der Waals surface area contributed by atoms with Crippen LogP contribution in [0.2, 0.25) is 0 Å². The van der Waals surface area contributed by atoms with E-state index in [9.17, 15) is 0 Å². The molecule has 0 N–H and O–H groups in total. The van der Waals surface area contributed by atoms with Crippen LogP contribution in [0.15, 0.2) is 370 Å². The molecule has 0 saturated heterocycles. The van der Waals surface area contributed by atoms with Crippen molar-refractivity contribution in [2.75, 3.05) is 14.7 Å². The zero-order chi connectivity index (χ0) is 60.5. The topological polar surface area (TPSA) is 9.72 Å². The van der Waals surface area contributed by atoms with Crippen LogP contribution < -0.4 is 14.7 Å². The first kappa shape index (κ1) is 54.4. The van der Waals surface area contributed by atoms with E-state index in [1.165, 1.54) is 65.3 Å². The predicted octanol–water partition coefficient (Wildman–Crippen LogP) is 25.0. The summed E-state index contributed by atoms with van der Waals surface area (Å²) in [6, 6.07) is 135. The summed E-state index contributed by atoms with van der Waals surface area (Å²) in [6.45, 7) is 0. The highest BCUT2D eigenvalue weighted by Crippen LogP contribution is 2.52. The minimum absolute atomic E-state index is 1.07. The second-order valence-electron chi connectivity index (χ2n) is 23.1. The van der Waals surface area contributed by atoms with Gasteiger partial charge >= 0.3 is 0 Å². The second-order valence-corrected chi connectivity index (χ2v) is 23.1. The Morgan fingerprint density at radius 1 is 0.154 bits per heavy atom. The largest absolute Gasteiger partial charge is 0.311 e. The Bertz CT molecular complexity index is 5100. The minimum Gasteiger partial charge on any atom is -0.311 e. The number of nitrogens with zero attached hydrogens (tertiary/aromatic N) is 3. The molecule has 91 heavy (non-hydrogen) atoms. The lowest BCUT2D eigenvalue weighted by molar-refractivity contribution is 1.28. The highest BCUT2D eigenvalue weighted by molar-refractivity contribution is 6.34. The first-order valence-electron chi connectivity index (χ1n) is 31.2. The Morgan fingerprint density at radius 3 is 0.967 bits per heavy atom. The molecule has 3 nitrogen and oxygen atoms in total. The van der Waals surface area contributed by atoms with Crippen molar-refractivity contribution >= 4 is 94.3 Å². The molecule has 0 aliphatic carbocycles. The van der Waals surface area contributed by atoms with E-state index in [1.54, 1.807) is 0 Å². The van der Waals surface area contributed by atoms with Crippen molar-refractivity contribution in [1.82, 2.24) is 0 Å². The highest BCUT2D eigenvalue weighted by Gasteiger charge is 2.25. The van der Waals surface area contributed by atoms with Gasteiger partial charge in [0.1, 0.15) is 0 Å². The molecule has 0 saturated carbocycles. The minimum atomic E-state index is 1.07. The quantitative estimate of drug-likeness (QED) is 0.101. The molecule has 0 bridgehead atoms. The van der Waals surface area contributed by atoms with Gasteiger partial charge < -0.3 is 14.7 Å². The molecule has 0 aliphatic heterocycles. The summed E-state index contributed by atoms with van der Waals surface area (Å²) in [6.07, 6.45) is 0. The lowest BCUT2D eigenvalue weighted by Gasteiger charge is -2.27. The number of benzene rings is 16. The number of hydrogen-bond acceptors (Lipinski definition) is 3. The van der Waals surface area contributed by atoms with Crippen LogP contribution in [-0.2, 0) is 0 Å². The van der Waals surface area contributed by atoms with Crippen LogP contribution >= 0.6 is 0 Å². The molecule has 0 aromatic heterocycles. The molecule has 16 aromatic carbocycles. The maximum atomic E-state index is 2.48. The Balaban J connectivity index is 0.981. The van der Waals surface area contributed by atoms with Crippen molar-refractivity contribution < 1.29 is 0 Å². The van der Waals surface area contributed by atoms with E-state index in [0.29, 0.717) is 0 Å². The fraction of sp³-hybridized carbons (Fsp3) is 0. The molecule has 3 heteroatoms. The average molecular weight is 1160 g/mol. The molecule has 0 fully saturated rings. The van der Waals surface area contributed by atoms with Crippen LogP contribution in [0.25, 0.3) is 98.7 Å². The summed E-state index contributed by atoms with van der Waals surface area (Å²) < 4.78 is 0. The molecule has 428 valence electrons. The van der Waals surface area contributed by atoms with Gasteiger partial charge in [-0.05, 0) is 215 Å². The summed E-state index contributed by atoms with van der Waals surface area (Å²) in [4.78, 5) is 7.06. The van der Waals surface area contributed by atoms with Gasteiger partial charge in [-0.25, -0.2) is 0 Å². The summed E-state index contributed by atoms with van der Waals surface area (Å²) in [5.74, 6) is 0. The number of rotatable bonds is 14. The van der Waals surface area contributed by atoms with Gasteiger partial charge in [-0.3, -0.25) is 0 Å². The molecular formula is C88H61N3. The first-order valence-corrected chi connectivity index (χ1v) is 31.2. The van der Waals surface area contributed by atoms with Crippen LogP contribution in [-0.4, -0.2) is 0 Å². The molecule has 0 atom stereocenters. The molecule has 0 radical (unpaired) electrons. The van der Waals surface area contributed by atoms with E-state index >= 15 is 0 Å². The number of hydrogen-bond donors (Lipinski definition) is 0. The lowest BCUT2D eigenvalue weighted by atomic mass is 9.80. The van der Waals surface area contributed by atoms with Crippen molar-refractivity contribution in [2.45, 2.75) is 0 Å². The highest BCUT2D eigenvalue weighted by atomic mass is 15.2. The van der Waals surface area contributed by atoms with Crippen LogP contribution in [0, 0.1) is 0 Å². The summed E-state index contributed by atoms with van der Waals surface area (Å²) >= 11 is 0. The lowest BCUT2D eigenvalue weighted by Crippen LogP contribution is -2.10. The average Bonchev–Trinajstić information content (AvgIpc) is 0.741. The third kappa shape index (κ3) is 10.2. The third-order valence-corrected chi connectivity index (χ3v) is 17.8. The standard InChI is InChI=1S/C88H61N3/c1-9-27-62(28-10-1)66-49-55-79-83(59-66)84-60-67(76-57-58-85(78-44-26-25-43-77(76)78)91(72-39-21-7-22-40-72)73-41-23-8-24-42-73)50-56-80(84)88-86(65-47-53-75(54-48-65)90(70-35-17-5-18-36-70)71-37-19-6-20-38-71)81(63-29-11-2-12-30-63)61-82(87(79)88)64-45-51-74(52-46-64)89(68-31-13-3-14-32-68)69-33-15-4-16-34-69/h1-61H. The van der Waals surface area contributed by atoms with Gasteiger partial charge in [0.2, 0.25) is 0 Å². The Hall–Kier alpha value is -12.0. The van der Waals surface area contributed by atoms with Gasteiger partial charge in [-0.15, -0.1) is 0 Å². The van der Waals surface area contributed by atoms with E-state index < -0.39 is 0 Å². The van der Waals surface area contributed by atoms with E-state index in [1.807, 2.05) is 0 Å². The second kappa shape index (κ2) is 23.9. The zero-order valence-electron chi connectivity index (χ0n) is 50.1. The van der Waals surface area contributed by atoms with Crippen molar-refractivity contribution in [3.8, 4) is 55.6 Å². The summed E-state index contributed by atoms with van der Waals surface area (Å²) in [5.41, 5.74) is 21.4. The zero-order valence-corrected chi connectivity index (χ0v) is 50.1. The molecule has 0 unspecified atom stereocenters. The van der Waals surface area contributed by atoms with Gasteiger partial charge in [-0.1, -0.05) is 249 Å². The number of para-hydroxylation sites is 6. The van der Waals surface area contributed by atoms with Crippen LogP contribution in [0.4, 0.5) is 51.2 Å². The molecule has 0 spiro atoms. The molecule has 16 aromatic rings.